The zero-order valence-corrected chi connectivity index (χ0v) is 9.25. The molecule has 0 radical (unpaired) electrons. The fraction of sp³-hybridized carbons (Fsp3) is 0.500. The summed E-state index contributed by atoms with van der Waals surface area (Å²) in [5.74, 6) is 0.937. The van der Waals surface area contributed by atoms with E-state index in [2.05, 4.69) is 17.6 Å². The van der Waals surface area contributed by atoms with Gasteiger partial charge >= 0.3 is 0 Å². The predicted molar refractivity (Wildman–Crippen MR) is 59.0 cm³/mol. The van der Waals surface area contributed by atoms with E-state index >= 15 is 0 Å². The lowest BCUT2D eigenvalue weighted by Crippen LogP contribution is -2.33. The minimum atomic E-state index is 0.426. The molecule has 1 aliphatic rings. The highest BCUT2D eigenvalue weighted by Crippen LogP contribution is 2.25. The summed E-state index contributed by atoms with van der Waals surface area (Å²) in [7, 11) is 3.37. The van der Waals surface area contributed by atoms with Crippen molar-refractivity contribution in [3.63, 3.8) is 0 Å². The van der Waals surface area contributed by atoms with E-state index in [1.165, 1.54) is 11.1 Å². The molecule has 1 N–H and O–H groups in total. The minimum absolute atomic E-state index is 0.426. The maximum atomic E-state index is 5.22. The average molecular weight is 207 g/mol. The maximum absolute atomic E-state index is 5.22. The fourth-order valence-electron chi connectivity index (χ4n) is 2.13. The molecule has 0 bridgehead atoms. The molecule has 82 valence electrons. The molecule has 0 amide bonds. The first-order valence-corrected chi connectivity index (χ1v) is 5.28. The van der Waals surface area contributed by atoms with Gasteiger partial charge in [0, 0.05) is 6.04 Å². The second-order valence-corrected chi connectivity index (χ2v) is 3.90. The van der Waals surface area contributed by atoms with E-state index in [1.54, 1.807) is 14.2 Å². The first kappa shape index (κ1) is 10.5. The van der Waals surface area contributed by atoms with Crippen LogP contribution in [0.4, 0.5) is 0 Å². The van der Waals surface area contributed by atoms with Crippen LogP contribution in [0, 0.1) is 0 Å². The van der Waals surface area contributed by atoms with Gasteiger partial charge in [-0.2, -0.15) is 5.48 Å². The van der Waals surface area contributed by atoms with Gasteiger partial charge in [-0.3, -0.25) is 0 Å². The van der Waals surface area contributed by atoms with Crippen molar-refractivity contribution in [1.29, 1.82) is 0 Å². The molecule has 3 nitrogen and oxygen atoms in total. The van der Waals surface area contributed by atoms with Crippen LogP contribution in [-0.2, 0) is 17.7 Å². The van der Waals surface area contributed by atoms with Crippen LogP contribution in [0.2, 0.25) is 0 Å². The summed E-state index contributed by atoms with van der Waals surface area (Å²) < 4.78 is 5.22. The molecule has 1 aromatic rings. The summed E-state index contributed by atoms with van der Waals surface area (Å²) in [5.41, 5.74) is 5.83. The number of ether oxygens (including phenoxy) is 1. The van der Waals surface area contributed by atoms with Crippen molar-refractivity contribution in [1.82, 2.24) is 5.48 Å². The number of nitrogens with one attached hydrogen (secondary N) is 1. The van der Waals surface area contributed by atoms with Gasteiger partial charge in [-0.05, 0) is 42.5 Å². The van der Waals surface area contributed by atoms with E-state index in [9.17, 15) is 0 Å². The Hall–Kier alpha value is -1.06. The topological polar surface area (TPSA) is 30.5 Å². The normalized spacial score (nSPS) is 19.7. The second kappa shape index (κ2) is 4.64. The molecule has 0 aromatic heterocycles. The number of hydrogen-bond acceptors (Lipinski definition) is 3. The monoisotopic (exact) mass is 207 g/mol. The lowest BCUT2D eigenvalue weighted by atomic mass is 9.88. The molecule has 15 heavy (non-hydrogen) atoms. The third-order valence-corrected chi connectivity index (χ3v) is 2.93. The van der Waals surface area contributed by atoms with Gasteiger partial charge in [0.15, 0.2) is 0 Å². The van der Waals surface area contributed by atoms with Gasteiger partial charge in [0.25, 0.3) is 0 Å². The van der Waals surface area contributed by atoms with Gasteiger partial charge in [0.05, 0.1) is 14.2 Å². The van der Waals surface area contributed by atoms with Gasteiger partial charge in [-0.15, -0.1) is 0 Å². The summed E-state index contributed by atoms with van der Waals surface area (Å²) in [6.07, 6.45) is 3.26. The van der Waals surface area contributed by atoms with Gasteiger partial charge in [-0.25, -0.2) is 0 Å². The van der Waals surface area contributed by atoms with Crippen molar-refractivity contribution < 1.29 is 9.57 Å². The SMILES string of the molecule is CONC1CCc2ccc(OC)cc2C1. The number of aryl methyl sites for hydroxylation is 1. The molecule has 3 heteroatoms. The molecule has 1 unspecified atom stereocenters. The highest BCUT2D eigenvalue weighted by Gasteiger charge is 2.18. The summed E-state index contributed by atoms with van der Waals surface area (Å²) in [4.78, 5) is 4.97. The Morgan fingerprint density at radius 3 is 2.87 bits per heavy atom. The molecule has 0 saturated carbocycles. The van der Waals surface area contributed by atoms with Gasteiger partial charge < -0.3 is 9.57 Å². The molecule has 1 aliphatic carbocycles. The Bertz CT molecular complexity index is 338. The van der Waals surface area contributed by atoms with Crippen molar-refractivity contribution in [2.75, 3.05) is 14.2 Å². The predicted octanol–water partition coefficient (Wildman–Crippen LogP) is 1.70. The van der Waals surface area contributed by atoms with E-state index in [1.807, 2.05) is 6.07 Å². The number of methoxy groups -OCH3 is 1. The number of fused-ring (bicyclic) bond motifs is 1. The summed E-state index contributed by atoms with van der Waals surface area (Å²) in [5, 5.41) is 0. The average Bonchev–Trinajstić information content (AvgIpc) is 2.28. The lowest BCUT2D eigenvalue weighted by molar-refractivity contribution is 0.0565. The molecule has 2 rings (SSSR count). The van der Waals surface area contributed by atoms with Crippen LogP contribution in [0.3, 0.4) is 0 Å². The zero-order chi connectivity index (χ0) is 10.7. The van der Waals surface area contributed by atoms with Crippen LogP contribution < -0.4 is 10.2 Å². The third kappa shape index (κ3) is 2.30. The Labute approximate surface area is 90.3 Å². The van der Waals surface area contributed by atoms with Crippen LogP contribution >= 0.6 is 0 Å². The van der Waals surface area contributed by atoms with Crippen molar-refractivity contribution in [3.8, 4) is 5.75 Å². The molecular weight excluding hydrogens is 190 g/mol. The van der Waals surface area contributed by atoms with Crippen molar-refractivity contribution in [2.24, 2.45) is 0 Å². The third-order valence-electron chi connectivity index (χ3n) is 2.93. The van der Waals surface area contributed by atoms with Crippen LogP contribution in [0.25, 0.3) is 0 Å². The van der Waals surface area contributed by atoms with Crippen LogP contribution in [0.1, 0.15) is 17.5 Å². The smallest absolute Gasteiger partial charge is 0.119 e. The standard InChI is InChI=1S/C12H17NO2/c1-14-12-6-4-9-3-5-11(13-15-2)7-10(9)8-12/h4,6,8,11,13H,3,5,7H2,1-2H3. The molecule has 1 aromatic carbocycles. The van der Waals surface area contributed by atoms with E-state index < -0.39 is 0 Å². The molecular formula is C12H17NO2. The molecule has 0 saturated heterocycles. The Morgan fingerprint density at radius 2 is 2.13 bits per heavy atom. The Balaban J connectivity index is 2.16. The van der Waals surface area contributed by atoms with Gasteiger partial charge in [0.1, 0.15) is 5.75 Å². The molecule has 0 aliphatic heterocycles. The molecule has 1 atom stereocenters. The quantitative estimate of drug-likeness (QED) is 0.765. The summed E-state index contributed by atoms with van der Waals surface area (Å²) in [6, 6.07) is 6.74. The van der Waals surface area contributed by atoms with Crippen molar-refractivity contribution in [2.45, 2.75) is 25.3 Å². The molecule has 0 heterocycles. The summed E-state index contributed by atoms with van der Waals surface area (Å²) >= 11 is 0. The highest BCUT2D eigenvalue weighted by molar-refractivity contribution is 5.37. The Morgan fingerprint density at radius 1 is 1.27 bits per heavy atom. The van der Waals surface area contributed by atoms with Gasteiger partial charge in [0.2, 0.25) is 0 Å². The molecule has 0 fully saturated rings. The fourth-order valence-corrected chi connectivity index (χ4v) is 2.13. The number of rotatable bonds is 3. The van der Waals surface area contributed by atoms with Crippen molar-refractivity contribution >= 4 is 0 Å². The first-order chi connectivity index (χ1) is 7.33. The van der Waals surface area contributed by atoms with Crippen LogP contribution in [0.5, 0.6) is 5.75 Å². The van der Waals surface area contributed by atoms with E-state index in [4.69, 9.17) is 9.57 Å². The second-order valence-electron chi connectivity index (χ2n) is 3.90. The minimum Gasteiger partial charge on any atom is -0.497 e. The van der Waals surface area contributed by atoms with Gasteiger partial charge in [-0.1, -0.05) is 6.07 Å². The number of benzene rings is 1. The van der Waals surface area contributed by atoms with E-state index in [-0.39, 0.29) is 0 Å². The molecule has 0 spiro atoms. The summed E-state index contributed by atoms with van der Waals surface area (Å²) in [6.45, 7) is 0. The largest absolute Gasteiger partial charge is 0.497 e. The van der Waals surface area contributed by atoms with E-state index in [0.717, 1.165) is 25.0 Å². The van der Waals surface area contributed by atoms with E-state index in [0.29, 0.717) is 6.04 Å². The number of hydroxylamine groups is 1. The Kier molecular flexibility index (Phi) is 3.23. The van der Waals surface area contributed by atoms with Crippen LogP contribution in [0.15, 0.2) is 18.2 Å². The number of hydrogen-bond donors (Lipinski definition) is 1. The zero-order valence-electron chi connectivity index (χ0n) is 9.25. The van der Waals surface area contributed by atoms with Crippen LogP contribution in [-0.4, -0.2) is 20.3 Å². The van der Waals surface area contributed by atoms with Crippen molar-refractivity contribution in [3.05, 3.63) is 29.3 Å². The maximum Gasteiger partial charge on any atom is 0.119 e. The lowest BCUT2D eigenvalue weighted by Gasteiger charge is -2.24. The first-order valence-electron chi connectivity index (χ1n) is 5.28. The highest BCUT2D eigenvalue weighted by atomic mass is 16.6.